The zero-order chi connectivity index (χ0) is 24.2. The van der Waals surface area contributed by atoms with E-state index in [1.807, 2.05) is 44.2 Å². The molecule has 3 amide bonds. The molecule has 178 valence electrons. The number of alkyl carbamates (subject to hydrolysis) is 1. The van der Waals surface area contributed by atoms with Crippen LogP contribution in [-0.2, 0) is 20.9 Å². The molecule has 3 N–H and O–H groups in total. The van der Waals surface area contributed by atoms with E-state index >= 15 is 0 Å². The highest BCUT2D eigenvalue weighted by Gasteiger charge is 2.27. The molecule has 0 aliphatic carbocycles. The summed E-state index contributed by atoms with van der Waals surface area (Å²) in [6, 6.07) is 13.1. The number of nitrogens with one attached hydrogen (secondary N) is 3. The van der Waals surface area contributed by atoms with Gasteiger partial charge in [0.2, 0.25) is 5.91 Å². The Balaban J connectivity index is 2.00. The number of hydrogen-bond acceptors (Lipinski definition) is 5. The van der Waals surface area contributed by atoms with Gasteiger partial charge in [-0.3, -0.25) is 9.59 Å². The van der Waals surface area contributed by atoms with E-state index in [0.717, 1.165) is 5.56 Å². The molecule has 0 fully saturated rings. The Kier molecular flexibility index (Phi) is 10.7. The van der Waals surface area contributed by atoms with Crippen molar-refractivity contribution in [3.63, 3.8) is 0 Å². The van der Waals surface area contributed by atoms with Crippen molar-refractivity contribution in [3.05, 3.63) is 64.7 Å². The Morgan fingerprint density at radius 1 is 1.09 bits per heavy atom. The summed E-state index contributed by atoms with van der Waals surface area (Å²) >= 11 is 6.24. The van der Waals surface area contributed by atoms with Gasteiger partial charge >= 0.3 is 6.09 Å². The van der Waals surface area contributed by atoms with E-state index < -0.39 is 18.0 Å². The number of halogens is 1. The Labute approximate surface area is 199 Å². The minimum absolute atomic E-state index is 0.102. The summed E-state index contributed by atoms with van der Waals surface area (Å²) in [5.74, 6) is -0.889. The molecule has 0 spiro atoms. The van der Waals surface area contributed by atoms with E-state index in [-0.39, 0.29) is 29.0 Å². The molecule has 0 radical (unpaired) electrons. The largest absolute Gasteiger partial charge is 0.445 e. The van der Waals surface area contributed by atoms with E-state index in [4.69, 9.17) is 21.1 Å². The van der Waals surface area contributed by atoms with Crippen LogP contribution >= 0.6 is 11.6 Å². The Bertz CT molecular complexity index is 939. The standard InChI is InChI=1S/C24H30ClN3O5/c1-4-16(2)21(28-24(31)33-15-17-8-6-5-7-9-17)23(30)27-18-10-11-19(20(25)14-18)22(29)26-12-13-32-3/h5-11,14,16,21H,4,12-13,15H2,1-3H3,(H,26,29)(H,27,30)(H,28,31)/t16-,21-/m0/s1. The fourth-order valence-electron chi connectivity index (χ4n) is 2.95. The van der Waals surface area contributed by atoms with Crippen LogP contribution in [0.15, 0.2) is 48.5 Å². The Morgan fingerprint density at radius 2 is 1.82 bits per heavy atom. The zero-order valence-corrected chi connectivity index (χ0v) is 19.8. The van der Waals surface area contributed by atoms with Gasteiger partial charge in [0, 0.05) is 19.3 Å². The number of ether oxygens (including phenoxy) is 2. The zero-order valence-electron chi connectivity index (χ0n) is 19.0. The second kappa shape index (κ2) is 13.4. The second-order valence-corrected chi connectivity index (χ2v) is 7.91. The molecular formula is C24H30ClN3O5. The van der Waals surface area contributed by atoms with Crippen LogP contribution in [-0.4, -0.2) is 44.2 Å². The van der Waals surface area contributed by atoms with Gasteiger partial charge in [-0.2, -0.15) is 0 Å². The first-order valence-electron chi connectivity index (χ1n) is 10.7. The maximum atomic E-state index is 12.9. The van der Waals surface area contributed by atoms with Gasteiger partial charge in [-0.15, -0.1) is 0 Å². The molecule has 2 aromatic carbocycles. The average molecular weight is 476 g/mol. The molecule has 33 heavy (non-hydrogen) atoms. The quantitative estimate of drug-likeness (QED) is 0.426. The van der Waals surface area contributed by atoms with Crippen molar-refractivity contribution >= 4 is 35.2 Å². The average Bonchev–Trinajstić information content (AvgIpc) is 2.81. The van der Waals surface area contributed by atoms with Crippen LogP contribution in [0.1, 0.15) is 36.2 Å². The minimum atomic E-state index is -0.811. The van der Waals surface area contributed by atoms with E-state index in [2.05, 4.69) is 16.0 Å². The second-order valence-electron chi connectivity index (χ2n) is 7.50. The molecule has 9 heteroatoms. The van der Waals surface area contributed by atoms with Gasteiger partial charge in [0.15, 0.2) is 0 Å². The number of carbonyl (C=O) groups excluding carboxylic acids is 3. The highest BCUT2D eigenvalue weighted by Crippen LogP contribution is 2.22. The van der Waals surface area contributed by atoms with E-state index in [1.54, 1.807) is 13.2 Å². The molecule has 0 saturated carbocycles. The lowest BCUT2D eigenvalue weighted by Gasteiger charge is -2.23. The van der Waals surface area contributed by atoms with Crippen LogP contribution in [0.3, 0.4) is 0 Å². The lowest BCUT2D eigenvalue weighted by atomic mass is 9.98. The molecule has 0 heterocycles. The van der Waals surface area contributed by atoms with Crippen molar-refractivity contribution in [3.8, 4) is 0 Å². The molecule has 0 bridgehead atoms. The maximum Gasteiger partial charge on any atom is 0.408 e. The third kappa shape index (κ3) is 8.40. The number of benzene rings is 2. The van der Waals surface area contributed by atoms with Crippen molar-refractivity contribution in [1.29, 1.82) is 0 Å². The Morgan fingerprint density at radius 3 is 2.45 bits per heavy atom. The smallest absolute Gasteiger partial charge is 0.408 e. The Hall–Kier alpha value is -3.10. The molecule has 2 atom stereocenters. The highest BCUT2D eigenvalue weighted by molar-refractivity contribution is 6.34. The normalized spacial score (nSPS) is 12.4. The number of carbonyl (C=O) groups is 3. The maximum absolute atomic E-state index is 12.9. The molecule has 8 nitrogen and oxygen atoms in total. The molecule has 0 unspecified atom stereocenters. The van der Waals surface area contributed by atoms with Gasteiger partial charge in [-0.25, -0.2) is 4.79 Å². The van der Waals surface area contributed by atoms with Crippen LogP contribution in [0.2, 0.25) is 5.02 Å². The first kappa shape index (κ1) is 26.2. The van der Waals surface area contributed by atoms with Crippen LogP contribution in [0.4, 0.5) is 10.5 Å². The summed E-state index contributed by atoms with van der Waals surface area (Å²) in [5, 5.41) is 8.28. The van der Waals surface area contributed by atoms with Gasteiger partial charge in [-0.05, 0) is 29.7 Å². The SMILES string of the molecule is CC[C@H](C)[C@H](NC(=O)OCc1ccccc1)C(=O)Nc1ccc(C(=O)NCCOC)c(Cl)c1. The third-order valence-electron chi connectivity index (χ3n) is 5.05. The van der Waals surface area contributed by atoms with Gasteiger partial charge in [0.1, 0.15) is 12.6 Å². The van der Waals surface area contributed by atoms with Gasteiger partial charge in [-0.1, -0.05) is 62.2 Å². The van der Waals surface area contributed by atoms with Crippen LogP contribution < -0.4 is 16.0 Å². The summed E-state index contributed by atoms with van der Waals surface area (Å²) in [6.45, 7) is 4.63. The number of methoxy groups -OCH3 is 1. The van der Waals surface area contributed by atoms with Crippen molar-refractivity contribution < 1.29 is 23.9 Å². The predicted molar refractivity (Wildman–Crippen MR) is 127 cm³/mol. The van der Waals surface area contributed by atoms with Crippen LogP contribution in [0.5, 0.6) is 0 Å². The predicted octanol–water partition coefficient (Wildman–Crippen LogP) is 4.00. The lowest BCUT2D eigenvalue weighted by Crippen LogP contribution is -2.47. The molecular weight excluding hydrogens is 446 g/mol. The number of anilines is 1. The topological polar surface area (TPSA) is 106 Å². The number of amides is 3. The summed E-state index contributed by atoms with van der Waals surface area (Å²) in [7, 11) is 1.54. The summed E-state index contributed by atoms with van der Waals surface area (Å²) in [6.07, 6.45) is -0.0151. The van der Waals surface area contributed by atoms with Crippen molar-refractivity contribution in [2.45, 2.75) is 32.9 Å². The summed E-state index contributed by atoms with van der Waals surface area (Å²) in [4.78, 5) is 37.4. The highest BCUT2D eigenvalue weighted by atomic mass is 35.5. The summed E-state index contributed by atoms with van der Waals surface area (Å²) < 4.78 is 10.2. The van der Waals surface area contributed by atoms with Crippen LogP contribution in [0, 0.1) is 5.92 Å². The van der Waals surface area contributed by atoms with Gasteiger partial charge < -0.3 is 25.4 Å². The fourth-order valence-corrected chi connectivity index (χ4v) is 3.22. The van der Waals surface area contributed by atoms with Gasteiger partial charge in [0.25, 0.3) is 5.91 Å². The number of rotatable bonds is 11. The summed E-state index contributed by atoms with van der Waals surface area (Å²) in [5.41, 5.74) is 1.54. The van der Waals surface area contributed by atoms with Gasteiger partial charge in [0.05, 0.1) is 17.2 Å². The third-order valence-corrected chi connectivity index (χ3v) is 5.37. The number of hydrogen-bond donors (Lipinski definition) is 3. The molecule has 0 aliphatic rings. The van der Waals surface area contributed by atoms with Crippen LogP contribution in [0.25, 0.3) is 0 Å². The molecule has 0 aliphatic heterocycles. The van der Waals surface area contributed by atoms with Crippen molar-refractivity contribution in [2.24, 2.45) is 5.92 Å². The molecule has 2 rings (SSSR count). The molecule has 2 aromatic rings. The van der Waals surface area contributed by atoms with Crippen molar-refractivity contribution in [2.75, 3.05) is 25.6 Å². The van der Waals surface area contributed by atoms with E-state index in [9.17, 15) is 14.4 Å². The molecule has 0 saturated heterocycles. The molecule has 0 aromatic heterocycles. The van der Waals surface area contributed by atoms with E-state index in [0.29, 0.717) is 25.3 Å². The fraction of sp³-hybridized carbons (Fsp3) is 0.375. The van der Waals surface area contributed by atoms with Crippen molar-refractivity contribution in [1.82, 2.24) is 10.6 Å². The first-order valence-corrected chi connectivity index (χ1v) is 11.1. The van der Waals surface area contributed by atoms with E-state index in [1.165, 1.54) is 12.1 Å². The lowest BCUT2D eigenvalue weighted by molar-refractivity contribution is -0.119. The first-order chi connectivity index (χ1) is 15.8. The monoisotopic (exact) mass is 475 g/mol. The minimum Gasteiger partial charge on any atom is -0.445 e.